The number of hydrogen-bond acceptors (Lipinski definition) is 3. The Balaban J connectivity index is 2.61. The van der Waals surface area contributed by atoms with Crippen molar-refractivity contribution in [2.45, 2.75) is 32.9 Å². The monoisotopic (exact) mass is 277 g/mol. The number of likely N-dealkylation sites (N-methyl/N-ethyl adjacent to an activating group) is 1. The highest BCUT2D eigenvalue weighted by atomic mass is 16.2. The Hall–Kier alpha value is -1.55. The molecule has 0 unspecified atom stereocenters. The third-order valence-electron chi connectivity index (χ3n) is 3.29. The van der Waals surface area contributed by atoms with Crippen LogP contribution in [0.2, 0.25) is 0 Å². The third-order valence-corrected chi connectivity index (χ3v) is 3.29. The van der Waals surface area contributed by atoms with E-state index >= 15 is 0 Å². The molecule has 0 saturated heterocycles. The van der Waals surface area contributed by atoms with Gasteiger partial charge in [0.25, 0.3) is 0 Å². The zero-order valence-corrected chi connectivity index (χ0v) is 13.3. The van der Waals surface area contributed by atoms with Gasteiger partial charge in [-0.15, -0.1) is 0 Å². The molecule has 0 aliphatic carbocycles. The minimum atomic E-state index is -0.402. The molecule has 0 bridgehead atoms. The van der Waals surface area contributed by atoms with Crippen LogP contribution in [0, 0.1) is 5.92 Å². The summed E-state index contributed by atoms with van der Waals surface area (Å²) in [6.45, 7) is 4.75. The first-order chi connectivity index (χ1) is 9.31. The zero-order chi connectivity index (χ0) is 15.3. The predicted molar refractivity (Wildman–Crippen MR) is 84.7 cm³/mol. The van der Waals surface area contributed by atoms with Crippen molar-refractivity contribution in [1.29, 1.82) is 0 Å². The Morgan fingerprint density at radius 2 is 1.70 bits per heavy atom. The highest BCUT2D eigenvalue weighted by molar-refractivity contribution is 5.81. The molecule has 2 N–H and O–H groups in total. The fourth-order valence-electron chi connectivity index (χ4n) is 2.14. The second-order valence-corrected chi connectivity index (χ2v) is 5.99. The van der Waals surface area contributed by atoms with Crippen molar-refractivity contribution in [2.24, 2.45) is 11.7 Å². The third kappa shape index (κ3) is 4.85. The number of nitrogens with zero attached hydrogens (tertiary/aromatic N) is 2. The molecule has 1 aromatic rings. The molecule has 1 atom stereocenters. The highest BCUT2D eigenvalue weighted by Crippen LogP contribution is 2.14. The molecular weight excluding hydrogens is 250 g/mol. The molecule has 0 aliphatic rings. The van der Waals surface area contributed by atoms with Gasteiger partial charge in [-0.1, -0.05) is 26.0 Å². The van der Waals surface area contributed by atoms with Crippen molar-refractivity contribution < 1.29 is 4.79 Å². The van der Waals surface area contributed by atoms with E-state index in [-0.39, 0.29) is 5.91 Å². The number of carbonyl (C=O) groups excluding carboxylic acids is 1. The van der Waals surface area contributed by atoms with E-state index < -0.39 is 6.04 Å². The lowest BCUT2D eigenvalue weighted by molar-refractivity contribution is -0.132. The SMILES string of the molecule is CC(C)C[C@H](N)C(=O)N(C)Cc1ccc(N(C)C)cc1. The van der Waals surface area contributed by atoms with Crippen LogP contribution in [0.3, 0.4) is 0 Å². The van der Waals surface area contributed by atoms with Crippen molar-refractivity contribution in [1.82, 2.24) is 4.90 Å². The smallest absolute Gasteiger partial charge is 0.239 e. The lowest BCUT2D eigenvalue weighted by Crippen LogP contribution is -2.42. The minimum Gasteiger partial charge on any atom is -0.378 e. The van der Waals surface area contributed by atoms with Crippen LogP contribution in [0.1, 0.15) is 25.8 Å². The topological polar surface area (TPSA) is 49.6 Å². The quantitative estimate of drug-likeness (QED) is 0.866. The lowest BCUT2D eigenvalue weighted by Gasteiger charge is -2.22. The van der Waals surface area contributed by atoms with Crippen LogP contribution in [-0.4, -0.2) is 38.0 Å². The molecule has 4 nitrogen and oxygen atoms in total. The molecule has 1 rings (SSSR count). The van der Waals surface area contributed by atoms with Gasteiger partial charge in [-0.05, 0) is 30.0 Å². The molecule has 0 saturated carbocycles. The van der Waals surface area contributed by atoms with Crippen LogP contribution in [0.4, 0.5) is 5.69 Å². The molecule has 0 fully saturated rings. The van der Waals surface area contributed by atoms with Gasteiger partial charge in [-0.2, -0.15) is 0 Å². The van der Waals surface area contributed by atoms with Gasteiger partial charge >= 0.3 is 0 Å². The highest BCUT2D eigenvalue weighted by Gasteiger charge is 2.19. The molecule has 0 heterocycles. The molecule has 4 heteroatoms. The average Bonchev–Trinajstić information content (AvgIpc) is 2.37. The first-order valence-corrected chi connectivity index (χ1v) is 7.08. The lowest BCUT2D eigenvalue weighted by atomic mass is 10.0. The molecule has 112 valence electrons. The van der Waals surface area contributed by atoms with Gasteiger partial charge in [0.15, 0.2) is 0 Å². The van der Waals surface area contributed by atoms with Crippen LogP contribution in [0.5, 0.6) is 0 Å². The zero-order valence-electron chi connectivity index (χ0n) is 13.3. The van der Waals surface area contributed by atoms with E-state index in [1.54, 1.807) is 4.90 Å². The standard InChI is InChI=1S/C16H27N3O/c1-12(2)10-15(17)16(20)19(5)11-13-6-8-14(9-7-13)18(3)4/h6-9,12,15H,10-11,17H2,1-5H3/t15-/m0/s1. The summed E-state index contributed by atoms with van der Waals surface area (Å²) < 4.78 is 0. The van der Waals surface area contributed by atoms with E-state index in [0.717, 1.165) is 17.7 Å². The number of carbonyl (C=O) groups is 1. The summed E-state index contributed by atoms with van der Waals surface area (Å²) in [5.74, 6) is 0.442. The van der Waals surface area contributed by atoms with Gasteiger partial charge in [0.2, 0.25) is 5.91 Å². The molecule has 0 radical (unpaired) electrons. The van der Waals surface area contributed by atoms with Gasteiger partial charge in [0.1, 0.15) is 0 Å². The summed E-state index contributed by atoms with van der Waals surface area (Å²) in [4.78, 5) is 15.9. The Bertz CT molecular complexity index is 426. The van der Waals surface area contributed by atoms with Crippen LogP contribution < -0.4 is 10.6 Å². The number of benzene rings is 1. The predicted octanol–water partition coefficient (Wildman–Crippen LogP) is 2.08. The van der Waals surface area contributed by atoms with Crippen molar-refractivity contribution in [2.75, 3.05) is 26.0 Å². The number of nitrogens with two attached hydrogens (primary N) is 1. The van der Waals surface area contributed by atoms with Gasteiger partial charge in [0, 0.05) is 33.4 Å². The number of anilines is 1. The maximum absolute atomic E-state index is 12.2. The summed E-state index contributed by atoms with van der Waals surface area (Å²) in [5.41, 5.74) is 8.20. The summed E-state index contributed by atoms with van der Waals surface area (Å²) in [6.07, 6.45) is 0.725. The number of rotatable bonds is 6. The molecule has 1 amide bonds. The van der Waals surface area contributed by atoms with Crippen molar-refractivity contribution >= 4 is 11.6 Å². The van der Waals surface area contributed by atoms with Crippen LogP contribution >= 0.6 is 0 Å². The van der Waals surface area contributed by atoms with E-state index in [4.69, 9.17) is 5.73 Å². The van der Waals surface area contributed by atoms with Crippen molar-refractivity contribution in [3.63, 3.8) is 0 Å². The Labute approximate surface area is 122 Å². The van der Waals surface area contributed by atoms with Gasteiger partial charge < -0.3 is 15.5 Å². The summed E-state index contributed by atoms with van der Waals surface area (Å²) in [6, 6.07) is 7.81. The maximum atomic E-state index is 12.2. The summed E-state index contributed by atoms with van der Waals surface area (Å²) >= 11 is 0. The van der Waals surface area contributed by atoms with E-state index in [9.17, 15) is 4.79 Å². The molecule has 0 aromatic heterocycles. The van der Waals surface area contributed by atoms with Gasteiger partial charge in [-0.25, -0.2) is 0 Å². The van der Waals surface area contributed by atoms with Crippen molar-refractivity contribution in [3.8, 4) is 0 Å². The normalized spacial score (nSPS) is 12.3. The van der Waals surface area contributed by atoms with E-state index in [1.165, 1.54) is 0 Å². The van der Waals surface area contributed by atoms with Crippen LogP contribution in [-0.2, 0) is 11.3 Å². The van der Waals surface area contributed by atoms with E-state index in [2.05, 4.69) is 30.9 Å². The Morgan fingerprint density at radius 1 is 1.15 bits per heavy atom. The first-order valence-electron chi connectivity index (χ1n) is 7.08. The van der Waals surface area contributed by atoms with Crippen LogP contribution in [0.15, 0.2) is 24.3 Å². The number of hydrogen-bond donors (Lipinski definition) is 1. The summed E-state index contributed by atoms with van der Waals surface area (Å²) in [7, 11) is 5.83. The number of amides is 1. The second-order valence-electron chi connectivity index (χ2n) is 5.99. The second kappa shape index (κ2) is 7.29. The van der Waals surface area contributed by atoms with E-state index in [1.807, 2.05) is 33.3 Å². The fraction of sp³-hybridized carbons (Fsp3) is 0.562. The molecule has 0 aliphatic heterocycles. The Morgan fingerprint density at radius 3 is 2.15 bits per heavy atom. The van der Waals surface area contributed by atoms with Gasteiger partial charge in [-0.3, -0.25) is 4.79 Å². The summed E-state index contributed by atoms with van der Waals surface area (Å²) in [5, 5.41) is 0. The minimum absolute atomic E-state index is 0.00962. The molecule has 20 heavy (non-hydrogen) atoms. The fourth-order valence-corrected chi connectivity index (χ4v) is 2.14. The average molecular weight is 277 g/mol. The maximum Gasteiger partial charge on any atom is 0.239 e. The Kier molecular flexibility index (Phi) is 6.02. The molecule has 1 aromatic carbocycles. The van der Waals surface area contributed by atoms with Crippen molar-refractivity contribution in [3.05, 3.63) is 29.8 Å². The van der Waals surface area contributed by atoms with Crippen LogP contribution in [0.25, 0.3) is 0 Å². The molecular formula is C16H27N3O. The van der Waals surface area contributed by atoms with E-state index in [0.29, 0.717) is 12.5 Å². The van der Waals surface area contributed by atoms with Gasteiger partial charge in [0.05, 0.1) is 6.04 Å². The molecule has 0 spiro atoms. The largest absolute Gasteiger partial charge is 0.378 e. The first kappa shape index (κ1) is 16.5.